The van der Waals surface area contributed by atoms with Crippen molar-refractivity contribution in [1.29, 1.82) is 0 Å². The van der Waals surface area contributed by atoms with Crippen molar-refractivity contribution < 1.29 is 17.2 Å². The maximum Gasteiger partial charge on any atom is 0.245 e. The summed E-state index contributed by atoms with van der Waals surface area (Å²) in [5.74, 6) is -2.44. The predicted molar refractivity (Wildman–Crippen MR) is 76.3 cm³/mol. The zero-order chi connectivity index (χ0) is 15.6. The van der Waals surface area contributed by atoms with Crippen molar-refractivity contribution in [3.8, 4) is 0 Å². The second-order valence-electron chi connectivity index (χ2n) is 5.37. The molecule has 1 N–H and O–H groups in total. The van der Waals surface area contributed by atoms with E-state index in [1.54, 1.807) is 0 Å². The van der Waals surface area contributed by atoms with Crippen LogP contribution in [0.15, 0.2) is 17.0 Å². The van der Waals surface area contributed by atoms with Crippen LogP contribution in [0.1, 0.15) is 31.7 Å². The van der Waals surface area contributed by atoms with Crippen LogP contribution in [0.3, 0.4) is 0 Å². The normalized spacial score (nSPS) is 15.7. The van der Waals surface area contributed by atoms with Crippen molar-refractivity contribution in [2.45, 2.75) is 43.7 Å². The molecular weight excluding hydrogens is 298 g/mol. The fourth-order valence-electron chi connectivity index (χ4n) is 2.06. The number of halogens is 2. The molecule has 1 fully saturated rings. The van der Waals surface area contributed by atoms with E-state index in [1.807, 2.05) is 6.92 Å². The molecule has 1 saturated carbocycles. The Morgan fingerprint density at radius 2 is 2.00 bits per heavy atom. The number of nitrogens with one attached hydrogen (secondary N) is 1. The molecule has 1 aliphatic carbocycles. The van der Waals surface area contributed by atoms with Crippen LogP contribution in [-0.4, -0.2) is 32.4 Å². The monoisotopic (exact) mass is 318 g/mol. The molecule has 0 bridgehead atoms. The maximum absolute atomic E-state index is 13.9. The van der Waals surface area contributed by atoms with Gasteiger partial charge in [-0.15, -0.1) is 0 Å². The van der Waals surface area contributed by atoms with E-state index >= 15 is 0 Å². The zero-order valence-corrected chi connectivity index (χ0v) is 13.0. The lowest BCUT2D eigenvalue weighted by atomic mass is 10.2. The highest BCUT2D eigenvalue weighted by atomic mass is 32.2. The number of rotatable bonds is 7. The molecule has 1 aromatic rings. The Labute approximate surface area is 124 Å². The van der Waals surface area contributed by atoms with Gasteiger partial charge in [-0.3, -0.25) is 0 Å². The lowest BCUT2D eigenvalue weighted by Gasteiger charge is -2.17. The van der Waals surface area contributed by atoms with Crippen molar-refractivity contribution in [2.75, 3.05) is 13.6 Å². The summed E-state index contributed by atoms with van der Waals surface area (Å²) in [6.07, 6.45) is 2.73. The average molecular weight is 318 g/mol. The molecule has 0 unspecified atom stereocenters. The van der Waals surface area contributed by atoms with Crippen LogP contribution in [0.2, 0.25) is 0 Å². The molecule has 118 valence electrons. The van der Waals surface area contributed by atoms with Gasteiger partial charge in [0.15, 0.2) is 11.6 Å². The SMILES string of the molecule is CCCN(C)S(=O)(=O)c1cc(CNC2CC2)cc(F)c1F. The van der Waals surface area contributed by atoms with Crippen LogP contribution < -0.4 is 5.32 Å². The molecule has 2 rings (SSSR count). The van der Waals surface area contributed by atoms with Gasteiger partial charge in [0.05, 0.1) is 0 Å². The van der Waals surface area contributed by atoms with Gasteiger partial charge >= 0.3 is 0 Å². The summed E-state index contributed by atoms with van der Waals surface area (Å²) in [6.45, 7) is 2.41. The Balaban J connectivity index is 2.31. The largest absolute Gasteiger partial charge is 0.310 e. The first kappa shape index (κ1) is 16.3. The standard InChI is InChI=1S/C14H20F2N2O2S/c1-3-6-18(2)21(19,20)13-8-10(7-12(15)14(13)16)9-17-11-4-5-11/h7-8,11,17H,3-6,9H2,1-2H3. The van der Waals surface area contributed by atoms with Gasteiger partial charge in [0, 0.05) is 26.2 Å². The Morgan fingerprint density at radius 1 is 1.33 bits per heavy atom. The highest BCUT2D eigenvalue weighted by molar-refractivity contribution is 7.89. The minimum atomic E-state index is -4.01. The third kappa shape index (κ3) is 3.78. The van der Waals surface area contributed by atoms with Gasteiger partial charge < -0.3 is 5.32 Å². The fourth-order valence-corrected chi connectivity index (χ4v) is 3.44. The number of nitrogens with zero attached hydrogens (tertiary/aromatic N) is 1. The van der Waals surface area contributed by atoms with Crippen molar-refractivity contribution in [3.63, 3.8) is 0 Å². The zero-order valence-electron chi connectivity index (χ0n) is 12.2. The first-order valence-corrected chi connectivity index (χ1v) is 8.48. The fraction of sp³-hybridized carbons (Fsp3) is 0.571. The Hall–Kier alpha value is -1.05. The molecule has 1 aromatic carbocycles. The van der Waals surface area contributed by atoms with E-state index in [1.165, 1.54) is 13.1 Å². The average Bonchev–Trinajstić information content (AvgIpc) is 3.24. The first-order valence-electron chi connectivity index (χ1n) is 7.04. The third-order valence-electron chi connectivity index (χ3n) is 3.45. The van der Waals surface area contributed by atoms with Gasteiger partial charge in [-0.1, -0.05) is 6.92 Å². The van der Waals surface area contributed by atoms with Crippen molar-refractivity contribution in [1.82, 2.24) is 9.62 Å². The van der Waals surface area contributed by atoms with E-state index in [-0.39, 0.29) is 6.54 Å². The minimum absolute atomic E-state index is 0.258. The molecule has 0 aromatic heterocycles. The summed E-state index contributed by atoms with van der Waals surface area (Å²) in [7, 11) is -2.64. The Morgan fingerprint density at radius 3 is 2.57 bits per heavy atom. The molecule has 7 heteroatoms. The summed E-state index contributed by atoms with van der Waals surface area (Å²) >= 11 is 0. The second-order valence-corrected chi connectivity index (χ2v) is 7.38. The molecule has 4 nitrogen and oxygen atoms in total. The molecule has 0 saturated heterocycles. The number of benzene rings is 1. The molecule has 0 amide bonds. The number of hydrogen-bond acceptors (Lipinski definition) is 3. The summed E-state index contributed by atoms with van der Waals surface area (Å²) in [5, 5.41) is 3.16. The van der Waals surface area contributed by atoms with Gasteiger partial charge in [-0.2, -0.15) is 0 Å². The predicted octanol–water partition coefficient (Wildman–Crippen LogP) is 2.25. The van der Waals surface area contributed by atoms with E-state index in [9.17, 15) is 17.2 Å². The maximum atomic E-state index is 13.9. The summed E-state index contributed by atoms with van der Waals surface area (Å²) < 4.78 is 53.2. The molecule has 1 aliphatic rings. The third-order valence-corrected chi connectivity index (χ3v) is 5.31. The van der Waals surface area contributed by atoms with Crippen LogP contribution in [0.5, 0.6) is 0 Å². The topological polar surface area (TPSA) is 49.4 Å². The van der Waals surface area contributed by atoms with Crippen molar-refractivity contribution >= 4 is 10.0 Å². The van der Waals surface area contributed by atoms with Crippen LogP contribution in [0, 0.1) is 11.6 Å². The molecular formula is C14H20F2N2O2S. The lowest BCUT2D eigenvalue weighted by Crippen LogP contribution is -2.29. The van der Waals surface area contributed by atoms with Crippen LogP contribution >= 0.6 is 0 Å². The van der Waals surface area contributed by atoms with Gasteiger partial charge in [0.25, 0.3) is 0 Å². The van der Waals surface area contributed by atoms with E-state index in [0.717, 1.165) is 23.2 Å². The Bertz CT molecular complexity index is 616. The highest BCUT2D eigenvalue weighted by Gasteiger charge is 2.27. The number of hydrogen-bond donors (Lipinski definition) is 1. The van der Waals surface area contributed by atoms with Gasteiger partial charge in [-0.25, -0.2) is 21.5 Å². The number of sulfonamides is 1. The minimum Gasteiger partial charge on any atom is -0.310 e. The molecule has 21 heavy (non-hydrogen) atoms. The van der Waals surface area contributed by atoms with Crippen LogP contribution in [-0.2, 0) is 16.6 Å². The van der Waals surface area contributed by atoms with Gasteiger partial charge in [0.1, 0.15) is 4.90 Å². The van der Waals surface area contributed by atoms with Crippen molar-refractivity contribution in [2.24, 2.45) is 0 Å². The Kier molecular flexibility index (Phi) is 4.95. The summed E-state index contributed by atoms with van der Waals surface area (Å²) in [4.78, 5) is -0.592. The van der Waals surface area contributed by atoms with Gasteiger partial charge in [-0.05, 0) is 37.0 Å². The van der Waals surface area contributed by atoms with E-state index in [4.69, 9.17) is 0 Å². The quantitative estimate of drug-likeness (QED) is 0.839. The molecule has 0 radical (unpaired) electrons. The lowest BCUT2D eigenvalue weighted by molar-refractivity contribution is 0.447. The highest BCUT2D eigenvalue weighted by Crippen LogP contribution is 2.24. The smallest absolute Gasteiger partial charge is 0.245 e. The van der Waals surface area contributed by atoms with E-state index in [2.05, 4.69) is 5.32 Å². The first-order chi connectivity index (χ1) is 9.86. The molecule has 0 spiro atoms. The summed E-state index contributed by atoms with van der Waals surface area (Å²) in [6, 6.07) is 2.67. The van der Waals surface area contributed by atoms with Crippen LogP contribution in [0.4, 0.5) is 8.78 Å². The van der Waals surface area contributed by atoms with Gasteiger partial charge in [0.2, 0.25) is 10.0 Å². The van der Waals surface area contributed by atoms with E-state index < -0.39 is 26.6 Å². The van der Waals surface area contributed by atoms with Crippen LogP contribution in [0.25, 0.3) is 0 Å². The van der Waals surface area contributed by atoms with Crippen molar-refractivity contribution in [3.05, 3.63) is 29.3 Å². The second kappa shape index (κ2) is 6.37. The molecule has 0 heterocycles. The molecule has 0 atom stereocenters. The van der Waals surface area contributed by atoms with E-state index in [0.29, 0.717) is 24.6 Å². The summed E-state index contributed by atoms with van der Waals surface area (Å²) in [5.41, 5.74) is 0.435. The molecule has 0 aliphatic heterocycles.